The van der Waals surface area contributed by atoms with Crippen molar-refractivity contribution in [1.29, 1.82) is 5.26 Å². The molecular formula is C21H22N4O4S2. The van der Waals surface area contributed by atoms with Crippen molar-refractivity contribution in [1.82, 2.24) is 9.47 Å². The van der Waals surface area contributed by atoms with Gasteiger partial charge in [0.1, 0.15) is 27.5 Å². The molecule has 3 heterocycles. The lowest BCUT2D eigenvalue weighted by molar-refractivity contribution is -0.122. The fraction of sp³-hybridized carbons (Fsp3) is 0.333. The molecule has 0 atom stereocenters. The van der Waals surface area contributed by atoms with E-state index in [9.17, 15) is 14.9 Å². The van der Waals surface area contributed by atoms with E-state index >= 15 is 0 Å². The fourth-order valence-corrected chi connectivity index (χ4v) is 4.54. The number of methoxy groups -OCH3 is 1. The topological polar surface area (TPSA) is 100 Å². The molecule has 0 unspecified atom stereocenters. The summed E-state index contributed by atoms with van der Waals surface area (Å²) in [4.78, 5) is 27.7. The Balaban J connectivity index is 2.10. The standard InChI is InChI=1S/C21H22N4O4S2/c1-4-24-18(23-12-14-6-5-8-29-14)15(13(2)16(11-22)19(24)26)10-17-20(27)25(7-9-28-3)21(30)31-17/h5-6,8,10,23H,4,7,9,12H2,1-3H3/b17-10-. The molecule has 1 aliphatic heterocycles. The number of nitriles is 1. The molecule has 0 saturated carbocycles. The number of anilines is 1. The highest BCUT2D eigenvalue weighted by Gasteiger charge is 2.32. The molecule has 1 fully saturated rings. The lowest BCUT2D eigenvalue weighted by Gasteiger charge is -2.19. The highest BCUT2D eigenvalue weighted by Crippen LogP contribution is 2.35. The van der Waals surface area contributed by atoms with E-state index in [0.717, 1.165) is 0 Å². The maximum absolute atomic E-state index is 12.9. The van der Waals surface area contributed by atoms with Crippen molar-refractivity contribution in [3.63, 3.8) is 0 Å². The summed E-state index contributed by atoms with van der Waals surface area (Å²) in [7, 11) is 1.56. The summed E-state index contributed by atoms with van der Waals surface area (Å²) in [5, 5.41) is 12.8. The summed E-state index contributed by atoms with van der Waals surface area (Å²) >= 11 is 6.54. The van der Waals surface area contributed by atoms with Crippen LogP contribution in [0.4, 0.5) is 5.82 Å². The number of amides is 1. The van der Waals surface area contributed by atoms with Crippen LogP contribution >= 0.6 is 24.0 Å². The number of pyridine rings is 1. The van der Waals surface area contributed by atoms with E-state index in [2.05, 4.69) is 5.32 Å². The van der Waals surface area contributed by atoms with Crippen molar-refractivity contribution in [3.05, 3.63) is 56.1 Å². The second-order valence-corrected chi connectivity index (χ2v) is 8.36. The van der Waals surface area contributed by atoms with Gasteiger partial charge in [-0.05, 0) is 37.6 Å². The minimum atomic E-state index is -0.380. The number of carbonyl (C=O) groups excluding carboxylic acids is 1. The molecule has 0 spiro atoms. The quantitative estimate of drug-likeness (QED) is 0.476. The Hall–Kier alpha value is -2.87. The third kappa shape index (κ3) is 4.58. The van der Waals surface area contributed by atoms with Gasteiger partial charge in [0.25, 0.3) is 11.5 Å². The van der Waals surface area contributed by atoms with Crippen LogP contribution in [0.25, 0.3) is 6.08 Å². The lowest BCUT2D eigenvalue weighted by atomic mass is 10.0. The van der Waals surface area contributed by atoms with Crippen molar-refractivity contribution in [2.24, 2.45) is 0 Å². The molecule has 1 aliphatic rings. The van der Waals surface area contributed by atoms with Crippen LogP contribution in [0.15, 0.2) is 32.5 Å². The van der Waals surface area contributed by atoms with Gasteiger partial charge in [-0.1, -0.05) is 24.0 Å². The van der Waals surface area contributed by atoms with E-state index in [4.69, 9.17) is 21.4 Å². The molecular weight excluding hydrogens is 436 g/mol. The summed E-state index contributed by atoms with van der Waals surface area (Å²) < 4.78 is 12.4. The van der Waals surface area contributed by atoms with Crippen LogP contribution in [0.1, 0.15) is 29.4 Å². The van der Waals surface area contributed by atoms with E-state index in [1.807, 2.05) is 19.1 Å². The summed E-state index contributed by atoms with van der Waals surface area (Å²) in [5.41, 5.74) is 0.763. The number of thioether (sulfide) groups is 1. The predicted octanol–water partition coefficient (Wildman–Crippen LogP) is 3.10. The Bertz CT molecular complexity index is 1130. The van der Waals surface area contributed by atoms with Gasteiger partial charge in [0.05, 0.1) is 30.9 Å². The molecule has 1 N–H and O–H groups in total. The van der Waals surface area contributed by atoms with E-state index in [1.165, 1.54) is 21.2 Å². The SMILES string of the molecule is CCn1c(NCc2ccco2)c(/C=C2\SC(=S)N(CCOC)C2=O)c(C)c(C#N)c1=O. The number of nitrogens with zero attached hydrogens (tertiary/aromatic N) is 3. The van der Waals surface area contributed by atoms with Gasteiger partial charge in [0.2, 0.25) is 0 Å². The van der Waals surface area contributed by atoms with Crippen LogP contribution in [0.5, 0.6) is 0 Å². The third-order valence-electron chi connectivity index (χ3n) is 4.87. The second kappa shape index (κ2) is 9.96. The Labute approximate surface area is 189 Å². The van der Waals surface area contributed by atoms with Crippen LogP contribution < -0.4 is 10.9 Å². The lowest BCUT2D eigenvalue weighted by Crippen LogP contribution is -2.31. The summed E-state index contributed by atoms with van der Waals surface area (Å²) in [6.45, 7) is 4.95. The highest BCUT2D eigenvalue weighted by molar-refractivity contribution is 8.26. The van der Waals surface area contributed by atoms with E-state index in [0.29, 0.717) is 58.2 Å². The van der Waals surface area contributed by atoms with Gasteiger partial charge in [-0.25, -0.2) is 0 Å². The molecule has 2 aromatic rings. The largest absolute Gasteiger partial charge is 0.467 e. The van der Waals surface area contributed by atoms with Crippen molar-refractivity contribution in [3.8, 4) is 6.07 Å². The summed E-state index contributed by atoms with van der Waals surface area (Å²) in [6.07, 6.45) is 3.26. The molecule has 10 heteroatoms. The molecule has 162 valence electrons. The van der Waals surface area contributed by atoms with Crippen LogP contribution in [0.3, 0.4) is 0 Å². The molecule has 0 bridgehead atoms. The van der Waals surface area contributed by atoms with Crippen LogP contribution in [0.2, 0.25) is 0 Å². The summed E-state index contributed by atoms with van der Waals surface area (Å²) in [6, 6.07) is 5.60. The van der Waals surface area contributed by atoms with Gasteiger partial charge in [0.15, 0.2) is 0 Å². The Morgan fingerprint density at radius 1 is 1.42 bits per heavy atom. The molecule has 31 heavy (non-hydrogen) atoms. The maximum atomic E-state index is 12.9. The first kappa shape index (κ1) is 22.8. The van der Waals surface area contributed by atoms with Crippen molar-refractivity contribution in [2.75, 3.05) is 25.6 Å². The molecule has 0 aliphatic carbocycles. The number of ether oxygens (including phenoxy) is 1. The van der Waals surface area contributed by atoms with E-state index < -0.39 is 0 Å². The van der Waals surface area contributed by atoms with E-state index in [-0.39, 0.29) is 17.0 Å². The smallest absolute Gasteiger partial charge is 0.270 e. The Kier molecular flexibility index (Phi) is 7.33. The van der Waals surface area contributed by atoms with Gasteiger partial charge < -0.3 is 14.5 Å². The van der Waals surface area contributed by atoms with Crippen LogP contribution in [-0.4, -0.2) is 40.0 Å². The van der Waals surface area contributed by atoms with Gasteiger partial charge in [-0.3, -0.25) is 19.1 Å². The minimum absolute atomic E-state index is 0.0477. The molecule has 1 saturated heterocycles. The zero-order chi connectivity index (χ0) is 22.5. The Morgan fingerprint density at radius 3 is 2.81 bits per heavy atom. The first-order chi connectivity index (χ1) is 14.9. The van der Waals surface area contributed by atoms with Gasteiger partial charge >= 0.3 is 0 Å². The first-order valence-corrected chi connectivity index (χ1v) is 10.8. The number of rotatable bonds is 8. The number of aromatic nitrogens is 1. The monoisotopic (exact) mass is 458 g/mol. The summed E-state index contributed by atoms with van der Waals surface area (Å²) in [5.74, 6) is 0.979. The maximum Gasteiger partial charge on any atom is 0.270 e. The fourth-order valence-electron chi connectivity index (χ4n) is 3.25. The number of nitrogens with one attached hydrogen (secondary N) is 1. The average molecular weight is 459 g/mol. The highest BCUT2D eigenvalue weighted by atomic mass is 32.2. The zero-order valence-corrected chi connectivity index (χ0v) is 19.1. The first-order valence-electron chi connectivity index (χ1n) is 9.60. The number of hydrogen-bond acceptors (Lipinski definition) is 8. The number of furan rings is 1. The average Bonchev–Trinajstić information content (AvgIpc) is 3.36. The second-order valence-electron chi connectivity index (χ2n) is 6.68. The Morgan fingerprint density at radius 2 is 2.19 bits per heavy atom. The van der Waals surface area contributed by atoms with Crippen LogP contribution in [-0.2, 0) is 22.6 Å². The number of hydrogen-bond donors (Lipinski definition) is 1. The molecule has 0 radical (unpaired) electrons. The van der Waals surface area contributed by atoms with Crippen molar-refractivity contribution >= 4 is 46.1 Å². The molecule has 0 aromatic carbocycles. The molecule has 2 aromatic heterocycles. The third-order valence-corrected chi connectivity index (χ3v) is 6.25. The van der Waals surface area contributed by atoms with Gasteiger partial charge in [0, 0.05) is 19.2 Å². The minimum Gasteiger partial charge on any atom is -0.467 e. The molecule has 3 rings (SSSR count). The predicted molar refractivity (Wildman–Crippen MR) is 124 cm³/mol. The van der Waals surface area contributed by atoms with Crippen molar-refractivity contribution in [2.45, 2.75) is 26.9 Å². The normalized spacial score (nSPS) is 15.0. The zero-order valence-electron chi connectivity index (χ0n) is 17.4. The van der Waals surface area contributed by atoms with Gasteiger partial charge in [-0.2, -0.15) is 5.26 Å². The number of carbonyl (C=O) groups is 1. The van der Waals surface area contributed by atoms with Crippen LogP contribution in [0, 0.1) is 18.3 Å². The number of thiocarbonyl (C=S) groups is 1. The molecule has 8 nitrogen and oxygen atoms in total. The molecule has 1 amide bonds. The van der Waals surface area contributed by atoms with E-state index in [1.54, 1.807) is 32.4 Å². The van der Waals surface area contributed by atoms with Gasteiger partial charge in [-0.15, -0.1) is 0 Å². The van der Waals surface area contributed by atoms with Crippen molar-refractivity contribution < 1.29 is 13.9 Å².